The second-order valence-corrected chi connectivity index (χ2v) is 8.35. The van der Waals surface area contributed by atoms with Gasteiger partial charge in [-0.3, -0.25) is 14.5 Å². The zero-order chi connectivity index (χ0) is 24.2. The van der Waals surface area contributed by atoms with Crippen LogP contribution in [0.4, 0.5) is 17.3 Å². The summed E-state index contributed by atoms with van der Waals surface area (Å²) in [4.78, 5) is 28.9. The van der Waals surface area contributed by atoms with E-state index in [2.05, 4.69) is 25.3 Å². The summed E-state index contributed by atoms with van der Waals surface area (Å²) < 4.78 is 1.49. The molecular formula is C24H29N7O3. The van der Waals surface area contributed by atoms with E-state index in [9.17, 15) is 9.59 Å². The first kappa shape index (κ1) is 23.4. The molecule has 0 atom stereocenters. The van der Waals surface area contributed by atoms with Crippen molar-refractivity contribution in [3.05, 3.63) is 64.1 Å². The number of pyridine rings is 1. The minimum Gasteiger partial charge on any atom is -0.395 e. The predicted octanol–water partition coefficient (Wildman–Crippen LogP) is 1.11. The molecule has 178 valence electrons. The first-order valence-corrected chi connectivity index (χ1v) is 11.2. The lowest BCUT2D eigenvalue weighted by Crippen LogP contribution is -2.47. The van der Waals surface area contributed by atoms with Gasteiger partial charge in [0.1, 0.15) is 5.69 Å². The van der Waals surface area contributed by atoms with Crippen molar-refractivity contribution in [1.29, 1.82) is 0 Å². The minimum absolute atomic E-state index is 0.164. The molecular weight excluding hydrogens is 434 g/mol. The number of piperazine rings is 1. The maximum atomic E-state index is 12.8. The fourth-order valence-electron chi connectivity index (χ4n) is 4.20. The van der Waals surface area contributed by atoms with Crippen LogP contribution in [-0.2, 0) is 7.05 Å². The molecule has 0 saturated carbocycles. The van der Waals surface area contributed by atoms with Gasteiger partial charge in [-0.05, 0) is 42.3 Å². The van der Waals surface area contributed by atoms with Crippen molar-refractivity contribution in [2.75, 3.05) is 49.5 Å². The Hall–Kier alpha value is -3.76. The van der Waals surface area contributed by atoms with E-state index in [4.69, 9.17) is 10.8 Å². The number of nitrogens with two attached hydrogens (primary N) is 1. The lowest BCUT2D eigenvalue weighted by Gasteiger charge is -2.34. The number of primary amides is 1. The summed E-state index contributed by atoms with van der Waals surface area (Å²) >= 11 is 0. The molecule has 1 aliphatic rings. The molecule has 0 bridgehead atoms. The number of benzene rings is 1. The summed E-state index contributed by atoms with van der Waals surface area (Å²) in [6.07, 6.45) is 1.73. The number of aliphatic hydroxyl groups is 1. The Morgan fingerprint density at radius 2 is 1.91 bits per heavy atom. The molecule has 10 heteroatoms. The number of carbonyl (C=O) groups excluding carboxylic acids is 1. The molecule has 4 rings (SSSR count). The summed E-state index contributed by atoms with van der Waals surface area (Å²) in [6, 6.07) is 10.8. The van der Waals surface area contributed by atoms with Crippen LogP contribution in [0.15, 0.2) is 47.4 Å². The summed E-state index contributed by atoms with van der Waals surface area (Å²) in [7, 11) is 1.68. The van der Waals surface area contributed by atoms with Gasteiger partial charge in [-0.25, -0.2) is 0 Å². The predicted molar refractivity (Wildman–Crippen MR) is 131 cm³/mol. The number of aliphatic hydroxyl groups excluding tert-OH is 1. The van der Waals surface area contributed by atoms with E-state index in [0.29, 0.717) is 23.6 Å². The van der Waals surface area contributed by atoms with Gasteiger partial charge in [0.2, 0.25) is 5.91 Å². The fraction of sp³-hybridized carbons (Fsp3) is 0.333. The molecule has 1 saturated heterocycles. The SMILES string of the molecule is Cc1c(C(N)=O)cccc1-c1cc(Nc2ccc(N3CCN(CCO)CC3)nn2)c(=O)n(C)c1. The van der Waals surface area contributed by atoms with Gasteiger partial charge in [0, 0.05) is 57.1 Å². The van der Waals surface area contributed by atoms with E-state index in [1.54, 1.807) is 37.5 Å². The number of carbonyl (C=O) groups is 1. The normalized spacial score (nSPS) is 14.3. The number of rotatable bonds is 7. The molecule has 3 heterocycles. The summed E-state index contributed by atoms with van der Waals surface area (Å²) in [5.74, 6) is 0.738. The van der Waals surface area contributed by atoms with E-state index in [1.165, 1.54) is 4.57 Å². The molecule has 2 aromatic heterocycles. The molecule has 0 aliphatic carbocycles. The Bertz CT molecular complexity index is 1230. The molecule has 3 aromatic rings. The zero-order valence-electron chi connectivity index (χ0n) is 19.4. The molecule has 1 amide bonds. The van der Waals surface area contributed by atoms with Gasteiger partial charge in [0.15, 0.2) is 11.6 Å². The smallest absolute Gasteiger partial charge is 0.274 e. The maximum Gasteiger partial charge on any atom is 0.274 e. The van der Waals surface area contributed by atoms with Gasteiger partial charge >= 0.3 is 0 Å². The van der Waals surface area contributed by atoms with Gasteiger partial charge in [0.05, 0.1) is 6.61 Å². The van der Waals surface area contributed by atoms with Crippen molar-refractivity contribution in [2.24, 2.45) is 12.8 Å². The van der Waals surface area contributed by atoms with Crippen LogP contribution in [0.5, 0.6) is 0 Å². The Morgan fingerprint density at radius 1 is 1.15 bits per heavy atom. The van der Waals surface area contributed by atoms with Crippen LogP contribution in [-0.4, -0.2) is 70.0 Å². The number of hydrogen-bond acceptors (Lipinski definition) is 8. The van der Waals surface area contributed by atoms with Crippen LogP contribution in [0.2, 0.25) is 0 Å². The number of anilines is 3. The summed E-state index contributed by atoms with van der Waals surface area (Å²) in [5, 5.41) is 20.8. The van der Waals surface area contributed by atoms with Crippen LogP contribution >= 0.6 is 0 Å². The third-order valence-electron chi connectivity index (χ3n) is 6.12. The first-order chi connectivity index (χ1) is 16.4. The third kappa shape index (κ3) is 4.92. The quantitative estimate of drug-likeness (QED) is 0.475. The maximum absolute atomic E-state index is 12.8. The number of aryl methyl sites for hydroxylation is 1. The number of amides is 1. The van der Waals surface area contributed by atoms with Gasteiger partial charge < -0.3 is 25.6 Å². The van der Waals surface area contributed by atoms with Crippen molar-refractivity contribution < 1.29 is 9.90 Å². The first-order valence-electron chi connectivity index (χ1n) is 11.2. The van der Waals surface area contributed by atoms with E-state index in [-0.39, 0.29) is 12.2 Å². The van der Waals surface area contributed by atoms with E-state index in [0.717, 1.165) is 48.7 Å². The van der Waals surface area contributed by atoms with Crippen LogP contribution in [0.3, 0.4) is 0 Å². The van der Waals surface area contributed by atoms with E-state index in [1.807, 2.05) is 19.1 Å². The number of aromatic nitrogens is 3. The Labute approximate surface area is 197 Å². The highest BCUT2D eigenvalue weighted by molar-refractivity contribution is 5.96. The van der Waals surface area contributed by atoms with E-state index >= 15 is 0 Å². The fourth-order valence-corrected chi connectivity index (χ4v) is 4.20. The monoisotopic (exact) mass is 463 g/mol. The zero-order valence-corrected chi connectivity index (χ0v) is 19.4. The van der Waals surface area contributed by atoms with Crippen molar-refractivity contribution in [1.82, 2.24) is 19.7 Å². The Balaban J connectivity index is 1.55. The van der Waals surface area contributed by atoms with E-state index < -0.39 is 5.91 Å². The average Bonchev–Trinajstić information content (AvgIpc) is 2.83. The topological polar surface area (TPSA) is 130 Å². The van der Waals surface area contributed by atoms with Gasteiger partial charge in [0.25, 0.3) is 5.56 Å². The minimum atomic E-state index is -0.493. The highest BCUT2D eigenvalue weighted by atomic mass is 16.3. The van der Waals surface area contributed by atoms with Crippen molar-refractivity contribution >= 4 is 23.2 Å². The van der Waals surface area contributed by atoms with Crippen LogP contribution in [0.1, 0.15) is 15.9 Å². The largest absolute Gasteiger partial charge is 0.395 e. The number of nitrogens with one attached hydrogen (secondary N) is 1. The van der Waals surface area contributed by atoms with Gasteiger partial charge in [-0.15, -0.1) is 10.2 Å². The van der Waals surface area contributed by atoms with Crippen molar-refractivity contribution in [3.8, 4) is 11.1 Å². The molecule has 0 radical (unpaired) electrons. The molecule has 0 spiro atoms. The molecule has 4 N–H and O–H groups in total. The van der Waals surface area contributed by atoms with Crippen molar-refractivity contribution in [3.63, 3.8) is 0 Å². The van der Waals surface area contributed by atoms with Gasteiger partial charge in [-0.2, -0.15) is 0 Å². The Kier molecular flexibility index (Phi) is 6.90. The molecule has 1 aromatic carbocycles. The second kappa shape index (κ2) is 10.0. The molecule has 1 aliphatic heterocycles. The Morgan fingerprint density at radius 3 is 2.56 bits per heavy atom. The molecule has 1 fully saturated rings. The van der Waals surface area contributed by atoms with Crippen molar-refractivity contribution in [2.45, 2.75) is 6.92 Å². The molecule has 0 unspecified atom stereocenters. The van der Waals surface area contributed by atoms with Gasteiger partial charge in [-0.1, -0.05) is 12.1 Å². The highest BCUT2D eigenvalue weighted by Crippen LogP contribution is 2.27. The molecule has 34 heavy (non-hydrogen) atoms. The summed E-state index contributed by atoms with van der Waals surface area (Å²) in [5.41, 5.74) is 8.42. The van der Waals surface area contributed by atoms with Crippen LogP contribution in [0.25, 0.3) is 11.1 Å². The lowest BCUT2D eigenvalue weighted by molar-refractivity contribution is 0.0999. The number of hydrogen-bond donors (Lipinski definition) is 3. The summed E-state index contributed by atoms with van der Waals surface area (Å²) in [6.45, 7) is 6.03. The lowest BCUT2D eigenvalue weighted by atomic mass is 9.97. The second-order valence-electron chi connectivity index (χ2n) is 8.35. The average molecular weight is 464 g/mol. The third-order valence-corrected chi connectivity index (χ3v) is 6.12. The molecule has 10 nitrogen and oxygen atoms in total. The number of β-amino-alcohol motifs (C(OH)–C–C–N with tert-alkyl or cyclic N) is 1. The standard InChI is InChI=1S/C24H29N7O3/c1-16-18(4-3-5-19(16)23(25)33)17-14-20(24(34)29(2)15-17)26-21-6-7-22(28-27-21)31-10-8-30(9-11-31)12-13-32/h3-7,14-15,32H,8-13H2,1-2H3,(H2,25,33)(H,26,27). The highest BCUT2D eigenvalue weighted by Gasteiger charge is 2.18. The van der Waals surface area contributed by atoms with Crippen LogP contribution < -0.4 is 21.5 Å². The van der Waals surface area contributed by atoms with Crippen LogP contribution in [0, 0.1) is 6.92 Å². The number of nitrogens with zero attached hydrogens (tertiary/aromatic N) is 5.